The number of sulfonamides is 1. The predicted octanol–water partition coefficient (Wildman–Crippen LogP) is 0.335. The maximum atomic E-state index is 12.7. The topological polar surface area (TPSA) is 92.7 Å². The molecule has 0 spiro atoms. The lowest BCUT2D eigenvalue weighted by molar-refractivity contribution is 0.162. The van der Waals surface area contributed by atoms with Gasteiger partial charge in [0.25, 0.3) is 0 Å². The van der Waals surface area contributed by atoms with Crippen LogP contribution in [0.2, 0.25) is 0 Å². The molecule has 1 aromatic heterocycles. The lowest BCUT2D eigenvalue weighted by Gasteiger charge is -2.37. The fourth-order valence-corrected chi connectivity index (χ4v) is 4.39. The van der Waals surface area contributed by atoms with Crippen LogP contribution in [0.4, 0.5) is 0 Å². The first-order valence-electron chi connectivity index (χ1n) is 7.05. The number of aryl methyl sites for hydroxylation is 2. The highest BCUT2D eigenvalue weighted by atomic mass is 32.2. The second kappa shape index (κ2) is 5.68. The minimum absolute atomic E-state index is 0.204. The molecular weight excluding hydrogens is 292 g/mol. The summed E-state index contributed by atoms with van der Waals surface area (Å²) in [5, 5.41) is 3.73. The highest BCUT2D eigenvalue weighted by Gasteiger charge is 2.33. The average Bonchev–Trinajstić information content (AvgIpc) is 2.68. The zero-order chi connectivity index (χ0) is 15.8. The van der Waals surface area contributed by atoms with Gasteiger partial charge in [-0.05, 0) is 27.7 Å². The third-order valence-electron chi connectivity index (χ3n) is 3.53. The van der Waals surface area contributed by atoms with E-state index in [0.717, 1.165) is 6.54 Å². The quantitative estimate of drug-likeness (QED) is 0.861. The van der Waals surface area contributed by atoms with Gasteiger partial charge in [-0.15, -0.1) is 0 Å². The Kier molecular flexibility index (Phi) is 4.44. The largest absolute Gasteiger partial charge is 0.360 e. The zero-order valence-corrected chi connectivity index (χ0v) is 13.9. The fourth-order valence-electron chi connectivity index (χ4n) is 2.68. The van der Waals surface area contributed by atoms with E-state index in [1.54, 1.807) is 13.8 Å². The summed E-state index contributed by atoms with van der Waals surface area (Å²) in [4.78, 5) is 2.40. The minimum atomic E-state index is -3.53. The Morgan fingerprint density at radius 1 is 1.24 bits per heavy atom. The molecule has 1 aliphatic heterocycles. The summed E-state index contributed by atoms with van der Waals surface area (Å²) >= 11 is 0. The number of nitrogens with zero attached hydrogens (tertiary/aromatic N) is 3. The summed E-state index contributed by atoms with van der Waals surface area (Å²) in [5.41, 5.74) is 6.15. The van der Waals surface area contributed by atoms with Gasteiger partial charge in [0.2, 0.25) is 10.0 Å². The Morgan fingerprint density at radius 2 is 1.81 bits per heavy atom. The van der Waals surface area contributed by atoms with Crippen molar-refractivity contribution in [3.8, 4) is 0 Å². The third kappa shape index (κ3) is 3.63. The van der Waals surface area contributed by atoms with Crippen LogP contribution in [0.15, 0.2) is 9.42 Å². The van der Waals surface area contributed by atoms with Crippen molar-refractivity contribution in [1.29, 1.82) is 0 Å². The van der Waals surface area contributed by atoms with E-state index in [9.17, 15) is 8.42 Å². The van der Waals surface area contributed by atoms with Crippen molar-refractivity contribution in [2.24, 2.45) is 5.73 Å². The van der Waals surface area contributed by atoms with Crippen molar-refractivity contribution in [2.45, 2.75) is 38.1 Å². The molecule has 120 valence electrons. The molecule has 2 N–H and O–H groups in total. The number of piperazine rings is 1. The van der Waals surface area contributed by atoms with Crippen molar-refractivity contribution in [3.05, 3.63) is 11.5 Å². The van der Waals surface area contributed by atoms with Gasteiger partial charge in [-0.2, -0.15) is 4.31 Å². The van der Waals surface area contributed by atoms with Crippen LogP contribution in [0.1, 0.15) is 25.3 Å². The van der Waals surface area contributed by atoms with Crippen LogP contribution in [0, 0.1) is 13.8 Å². The molecule has 8 heteroatoms. The third-order valence-corrected chi connectivity index (χ3v) is 5.67. The number of aromatic nitrogens is 1. The maximum Gasteiger partial charge on any atom is 0.248 e. The lowest BCUT2D eigenvalue weighted by atomic mass is 10.1. The summed E-state index contributed by atoms with van der Waals surface area (Å²) in [6, 6.07) is 0. The van der Waals surface area contributed by atoms with Crippen molar-refractivity contribution in [2.75, 3.05) is 32.7 Å². The van der Waals surface area contributed by atoms with E-state index in [1.807, 2.05) is 13.8 Å². The normalized spacial score (nSPS) is 19.1. The van der Waals surface area contributed by atoms with Crippen molar-refractivity contribution in [3.63, 3.8) is 0 Å². The number of nitrogens with two attached hydrogens (primary N) is 1. The molecule has 1 fully saturated rings. The SMILES string of the molecule is Cc1noc(C)c1S(=O)(=O)N1CCN(CC(C)(C)N)CC1. The van der Waals surface area contributed by atoms with Crippen molar-refractivity contribution < 1.29 is 12.9 Å². The van der Waals surface area contributed by atoms with Gasteiger partial charge >= 0.3 is 0 Å². The molecule has 0 aliphatic carbocycles. The number of hydrogen-bond acceptors (Lipinski definition) is 6. The Morgan fingerprint density at radius 3 is 2.24 bits per heavy atom. The lowest BCUT2D eigenvalue weighted by Crippen LogP contribution is -2.54. The Balaban J connectivity index is 2.08. The summed E-state index contributed by atoms with van der Waals surface area (Å²) in [6.45, 7) is 10.3. The monoisotopic (exact) mass is 316 g/mol. The molecule has 2 heterocycles. The standard InChI is InChI=1S/C13H24N4O3S/c1-10-12(11(2)20-15-10)21(18,19)17-7-5-16(6-8-17)9-13(3,4)14/h5-9,14H2,1-4H3. The van der Waals surface area contributed by atoms with Gasteiger partial charge in [-0.3, -0.25) is 4.90 Å². The smallest absolute Gasteiger partial charge is 0.248 e. The van der Waals surface area contributed by atoms with Crippen LogP contribution in [0.5, 0.6) is 0 Å². The fraction of sp³-hybridized carbons (Fsp3) is 0.769. The van der Waals surface area contributed by atoms with E-state index < -0.39 is 10.0 Å². The molecule has 0 aromatic carbocycles. The maximum absolute atomic E-state index is 12.7. The van der Waals surface area contributed by atoms with E-state index >= 15 is 0 Å². The summed E-state index contributed by atoms with van der Waals surface area (Å²) in [7, 11) is -3.53. The molecule has 7 nitrogen and oxygen atoms in total. The van der Waals surface area contributed by atoms with Gasteiger partial charge < -0.3 is 10.3 Å². The Bertz CT molecular complexity index is 576. The van der Waals surface area contributed by atoms with Gasteiger partial charge in [-0.1, -0.05) is 5.16 Å². The van der Waals surface area contributed by atoms with E-state index in [4.69, 9.17) is 10.3 Å². The van der Waals surface area contributed by atoms with Crippen LogP contribution in [-0.4, -0.2) is 61.0 Å². The molecule has 0 saturated carbocycles. The van der Waals surface area contributed by atoms with Crippen LogP contribution >= 0.6 is 0 Å². The van der Waals surface area contributed by atoms with Crippen molar-refractivity contribution in [1.82, 2.24) is 14.4 Å². The minimum Gasteiger partial charge on any atom is -0.360 e. The first-order valence-corrected chi connectivity index (χ1v) is 8.49. The van der Waals surface area contributed by atoms with Crippen molar-refractivity contribution >= 4 is 10.0 Å². The summed E-state index contributed by atoms with van der Waals surface area (Å²) in [6.07, 6.45) is 0. The van der Waals surface area contributed by atoms with Crippen LogP contribution in [0.25, 0.3) is 0 Å². The molecular formula is C13H24N4O3S. The highest BCUT2D eigenvalue weighted by Crippen LogP contribution is 2.24. The van der Waals surface area contributed by atoms with E-state index in [-0.39, 0.29) is 10.4 Å². The van der Waals surface area contributed by atoms with Gasteiger partial charge in [0.15, 0.2) is 5.76 Å². The molecule has 1 aromatic rings. The molecule has 1 saturated heterocycles. The molecule has 0 atom stereocenters. The van der Waals surface area contributed by atoms with E-state index in [0.29, 0.717) is 37.6 Å². The van der Waals surface area contributed by atoms with Crippen LogP contribution in [0.3, 0.4) is 0 Å². The predicted molar refractivity (Wildman–Crippen MR) is 79.4 cm³/mol. The second-order valence-electron chi connectivity index (χ2n) is 6.32. The number of hydrogen-bond donors (Lipinski definition) is 1. The Hall–Kier alpha value is -0.960. The zero-order valence-electron chi connectivity index (χ0n) is 13.1. The molecule has 2 rings (SSSR count). The summed E-state index contributed by atoms with van der Waals surface area (Å²) in [5.74, 6) is 0.345. The average molecular weight is 316 g/mol. The molecule has 0 amide bonds. The van der Waals surface area contributed by atoms with Crippen LogP contribution < -0.4 is 5.73 Å². The second-order valence-corrected chi connectivity index (χ2v) is 8.20. The van der Waals surface area contributed by atoms with E-state index in [2.05, 4.69) is 10.1 Å². The first-order chi connectivity index (χ1) is 9.61. The summed E-state index contributed by atoms with van der Waals surface area (Å²) < 4.78 is 31.8. The van der Waals surface area contributed by atoms with Gasteiger partial charge in [0.05, 0.1) is 0 Å². The molecule has 0 unspecified atom stereocenters. The van der Waals surface area contributed by atoms with Gasteiger partial charge in [-0.25, -0.2) is 8.42 Å². The van der Waals surface area contributed by atoms with Gasteiger partial charge in [0.1, 0.15) is 10.6 Å². The highest BCUT2D eigenvalue weighted by molar-refractivity contribution is 7.89. The molecule has 1 aliphatic rings. The molecule has 0 bridgehead atoms. The number of rotatable bonds is 4. The van der Waals surface area contributed by atoms with E-state index in [1.165, 1.54) is 4.31 Å². The van der Waals surface area contributed by atoms with Crippen LogP contribution in [-0.2, 0) is 10.0 Å². The molecule has 0 radical (unpaired) electrons. The Labute approximate surface area is 126 Å². The molecule has 21 heavy (non-hydrogen) atoms. The first kappa shape index (κ1) is 16.4. The van der Waals surface area contributed by atoms with Gasteiger partial charge in [0, 0.05) is 38.3 Å².